The van der Waals surface area contributed by atoms with Gasteiger partial charge in [-0.05, 0) is 38.3 Å². The summed E-state index contributed by atoms with van der Waals surface area (Å²) in [5.41, 5.74) is 0.224. The SMILES string of the molecule is CCC1CCC(C)N1CCC(=O)c1ccccc1F. The van der Waals surface area contributed by atoms with Crippen molar-refractivity contribution in [1.82, 2.24) is 4.90 Å². The van der Waals surface area contributed by atoms with E-state index in [0.29, 0.717) is 18.5 Å². The standard InChI is InChI=1S/C16H22FNO/c1-3-13-9-8-12(2)18(13)11-10-16(19)14-6-4-5-7-15(14)17/h4-7,12-13H,3,8-11H2,1-2H3. The molecule has 104 valence electrons. The van der Waals surface area contributed by atoms with E-state index in [1.54, 1.807) is 18.2 Å². The molecule has 1 aromatic rings. The summed E-state index contributed by atoms with van der Waals surface area (Å²) in [6.45, 7) is 5.14. The first kappa shape index (κ1) is 14.2. The maximum Gasteiger partial charge on any atom is 0.167 e. The second-order valence-corrected chi connectivity index (χ2v) is 5.38. The number of carbonyl (C=O) groups excluding carboxylic acids is 1. The lowest BCUT2D eigenvalue weighted by Gasteiger charge is -2.27. The molecular weight excluding hydrogens is 241 g/mol. The largest absolute Gasteiger partial charge is 0.297 e. The number of halogens is 1. The Morgan fingerprint density at radius 1 is 1.37 bits per heavy atom. The monoisotopic (exact) mass is 263 g/mol. The van der Waals surface area contributed by atoms with Crippen molar-refractivity contribution in [2.45, 2.75) is 51.6 Å². The molecule has 1 fully saturated rings. The zero-order chi connectivity index (χ0) is 13.8. The van der Waals surface area contributed by atoms with Gasteiger partial charge in [-0.25, -0.2) is 4.39 Å². The van der Waals surface area contributed by atoms with Crippen molar-refractivity contribution in [2.75, 3.05) is 6.54 Å². The van der Waals surface area contributed by atoms with Crippen molar-refractivity contribution < 1.29 is 9.18 Å². The van der Waals surface area contributed by atoms with E-state index in [4.69, 9.17) is 0 Å². The summed E-state index contributed by atoms with van der Waals surface area (Å²) in [7, 11) is 0. The van der Waals surface area contributed by atoms with Gasteiger partial charge in [-0.15, -0.1) is 0 Å². The molecule has 2 atom stereocenters. The molecule has 0 radical (unpaired) electrons. The maximum absolute atomic E-state index is 13.5. The summed E-state index contributed by atoms with van der Waals surface area (Å²) in [5, 5.41) is 0. The van der Waals surface area contributed by atoms with Crippen molar-refractivity contribution in [3.63, 3.8) is 0 Å². The molecule has 2 rings (SSSR count). The average molecular weight is 263 g/mol. The van der Waals surface area contributed by atoms with Gasteiger partial charge in [-0.1, -0.05) is 19.1 Å². The fraction of sp³-hybridized carbons (Fsp3) is 0.562. The molecule has 2 nitrogen and oxygen atoms in total. The molecule has 0 amide bonds. The normalized spacial score (nSPS) is 23.7. The number of carbonyl (C=O) groups is 1. The van der Waals surface area contributed by atoms with Crippen LogP contribution in [0, 0.1) is 5.82 Å². The fourth-order valence-corrected chi connectivity index (χ4v) is 3.02. The van der Waals surface area contributed by atoms with Gasteiger partial charge in [0.25, 0.3) is 0 Å². The smallest absolute Gasteiger partial charge is 0.167 e. The number of rotatable bonds is 5. The number of hydrogen-bond donors (Lipinski definition) is 0. The zero-order valence-electron chi connectivity index (χ0n) is 11.7. The Kier molecular flexibility index (Phi) is 4.70. The second-order valence-electron chi connectivity index (χ2n) is 5.38. The highest BCUT2D eigenvalue weighted by atomic mass is 19.1. The van der Waals surface area contributed by atoms with Gasteiger partial charge in [0.2, 0.25) is 0 Å². The zero-order valence-corrected chi connectivity index (χ0v) is 11.7. The lowest BCUT2D eigenvalue weighted by atomic mass is 10.1. The Morgan fingerprint density at radius 3 is 2.79 bits per heavy atom. The lowest BCUT2D eigenvalue weighted by molar-refractivity contribution is 0.0945. The first-order valence-electron chi connectivity index (χ1n) is 7.17. The van der Waals surface area contributed by atoms with Gasteiger partial charge >= 0.3 is 0 Å². The van der Waals surface area contributed by atoms with Crippen LogP contribution in [-0.4, -0.2) is 29.3 Å². The fourth-order valence-electron chi connectivity index (χ4n) is 3.02. The molecular formula is C16H22FNO. The van der Waals surface area contributed by atoms with Crippen LogP contribution < -0.4 is 0 Å². The summed E-state index contributed by atoms with van der Waals surface area (Å²) < 4.78 is 13.5. The van der Waals surface area contributed by atoms with E-state index in [1.807, 2.05) is 0 Å². The van der Waals surface area contributed by atoms with Gasteiger partial charge in [0.05, 0.1) is 5.56 Å². The molecule has 1 saturated heterocycles. The Balaban J connectivity index is 1.95. The molecule has 0 aliphatic carbocycles. The first-order valence-corrected chi connectivity index (χ1v) is 7.17. The van der Waals surface area contributed by atoms with Gasteiger partial charge in [0.15, 0.2) is 5.78 Å². The lowest BCUT2D eigenvalue weighted by Crippen LogP contribution is -2.35. The average Bonchev–Trinajstić information content (AvgIpc) is 2.77. The predicted octanol–water partition coefficient (Wildman–Crippen LogP) is 3.66. The summed E-state index contributed by atoms with van der Waals surface area (Å²) in [5.74, 6) is -0.499. The minimum atomic E-state index is -0.408. The molecule has 0 aromatic heterocycles. The molecule has 1 heterocycles. The van der Waals surface area contributed by atoms with Crippen LogP contribution in [0.3, 0.4) is 0 Å². The van der Waals surface area contributed by atoms with Crippen molar-refractivity contribution in [1.29, 1.82) is 0 Å². The van der Waals surface area contributed by atoms with Crippen molar-refractivity contribution >= 4 is 5.78 Å². The Bertz CT molecular complexity index is 446. The van der Waals surface area contributed by atoms with Gasteiger partial charge < -0.3 is 0 Å². The Morgan fingerprint density at radius 2 is 2.11 bits per heavy atom. The Labute approximate surface area is 114 Å². The van der Waals surface area contributed by atoms with E-state index in [1.165, 1.54) is 18.9 Å². The van der Waals surface area contributed by atoms with Crippen LogP contribution in [0.1, 0.15) is 49.9 Å². The van der Waals surface area contributed by atoms with Gasteiger partial charge in [-0.3, -0.25) is 9.69 Å². The third kappa shape index (κ3) is 3.21. The highest BCUT2D eigenvalue weighted by Gasteiger charge is 2.29. The van der Waals surface area contributed by atoms with Gasteiger partial charge in [0.1, 0.15) is 5.82 Å². The van der Waals surface area contributed by atoms with Crippen LogP contribution >= 0.6 is 0 Å². The Hall–Kier alpha value is -1.22. The van der Waals surface area contributed by atoms with Crippen LogP contribution in [0.5, 0.6) is 0 Å². The number of ketones is 1. The molecule has 19 heavy (non-hydrogen) atoms. The number of likely N-dealkylation sites (tertiary alicyclic amines) is 1. The number of hydrogen-bond acceptors (Lipinski definition) is 2. The first-order chi connectivity index (χ1) is 9.13. The van der Waals surface area contributed by atoms with Crippen molar-refractivity contribution in [3.8, 4) is 0 Å². The third-order valence-corrected chi connectivity index (χ3v) is 4.20. The van der Waals surface area contributed by atoms with E-state index >= 15 is 0 Å². The minimum Gasteiger partial charge on any atom is -0.297 e. The van der Waals surface area contributed by atoms with E-state index in [0.717, 1.165) is 13.0 Å². The molecule has 0 spiro atoms. The second kappa shape index (κ2) is 6.29. The van der Waals surface area contributed by atoms with Crippen LogP contribution in [0.25, 0.3) is 0 Å². The third-order valence-electron chi connectivity index (χ3n) is 4.20. The molecule has 3 heteroatoms. The van der Waals surface area contributed by atoms with Crippen molar-refractivity contribution in [3.05, 3.63) is 35.6 Å². The van der Waals surface area contributed by atoms with E-state index in [-0.39, 0.29) is 11.3 Å². The minimum absolute atomic E-state index is 0.0907. The summed E-state index contributed by atoms with van der Waals surface area (Å²) >= 11 is 0. The molecule has 1 aromatic carbocycles. The van der Waals surface area contributed by atoms with Crippen LogP contribution in [0.2, 0.25) is 0 Å². The molecule has 2 unspecified atom stereocenters. The van der Waals surface area contributed by atoms with Crippen LogP contribution in [-0.2, 0) is 0 Å². The highest BCUT2D eigenvalue weighted by molar-refractivity contribution is 5.96. The summed E-state index contributed by atoms with van der Waals surface area (Å²) in [4.78, 5) is 14.5. The van der Waals surface area contributed by atoms with Crippen molar-refractivity contribution in [2.24, 2.45) is 0 Å². The quantitative estimate of drug-likeness (QED) is 0.756. The highest BCUT2D eigenvalue weighted by Crippen LogP contribution is 2.26. The van der Waals surface area contributed by atoms with E-state index in [9.17, 15) is 9.18 Å². The number of Topliss-reactive ketones (excluding diaryl/α,β-unsaturated/α-hetero) is 1. The van der Waals surface area contributed by atoms with Crippen LogP contribution in [0.4, 0.5) is 4.39 Å². The predicted molar refractivity (Wildman–Crippen MR) is 74.8 cm³/mol. The van der Waals surface area contributed by atoms with Gasteiger partial charge in [-0.2, -0.15) is 0 Å². The van der Waals surface area contributed by atoms with Crippen LogP contribution in [0.15, 0.2) is 24.3 Å². The summed E-state index contributed by atoms with van der Waals surface area (Å²) in [6, 6.07) is 7.37. The number of benzene rings is 1. The van der Waals surface area contributed by atoms with E-state index in [2.05, 4.69) is 18.7 Å². The maximum atomic E-state index is 13.5. The molecule has 1 aliphatic rings. The molecule has 1 aliphatic heterocycles. The molecule has 0 N–H and O–H groups in total. The van der Waals surface area contributed by atoms with E-state index < -0.39 is 5.82 Å². The number of nitrogens with zero attached hydrogens (tertiary/aromatic N) is 1. The van der Waals surface area contributed by atoms with Gasteiger partial charge in [0, 0.05) is 25.0 Å². The summed E-state index contributed by atoms with van der Waals surface area (Å²) in [6.07, 6.45) is 3.94. The topological polar surface area (TPSA) is 20.3 Å². The molecule has 0 bridgehead atoms. The molecule has 0 saturated carbocycles.